The topological polar surface area (TPSA) is 27.7 Å². The molecule has 2 heterocycles. The minimum Gasteiger partial charge on any atom is -0.380 e. The molecule has 0 radical (unpaired) electrons. The van der Waals surface area contributed by atoms with E-state index in [9.17, 15) is 0 Å². The predicted octanol–water partition coefficient (Wildman–Crippen LogP) is 1.95. The number of rotatable bonds is 10. The lowest BCUT2D eigenvalue weighted by atomic mass is 10.1. The van der Waals surface area contributed by atoms with E-state index in [4.69, 9.17) is 4.74 Å². The molecule has 0 bridgehead atoms. The number of likely N-dealkylation sites (tertiary alicyclic amines) is 2. The van der Waals surface area contributed by atoms with Crippen molar-refractivity contribution in [2.45, 2.75) is 51.5 Å². The van der Waals surface area contributed by atoms with E-state index in [-0.39, 0.29) is 0 Å². The van der Waals surface area contributed by atoms with Crippen LogP contribution in [0.25, 0.3) is 0 Å². The summed E-state index contributed by atoms with van der Waals surface area (Å²) in [6, 6.07) is 0.836. The Morgan fingerprint density at radius 1 is 1.05 bits per heavy atom. The zero-order valence-corrected chi connectivity index (χ0v) is 14.0. The van der Waals surface area contributed by atoms with E-state index in [1.165, 1.54) is 71.2 Å². The third-order valence-corrected chi connectivity index (χ3v) is 4.82. The van der Waals surface area contributed by atoms with Crippen LogP contribution in [-0.2, 0) is 4.74 Å². The van der Waals surface area contributed by atoms with E-state index < -0.39 is 0 Å². The van der Waals surface area contributed by atoms with Gasteiger partial charge in [0.1, 0.15) is 0 Å². The molecule has 2 aliphatic rings. The van der Waals surface area contributed by atoms with Crippen LogP contribution in [0, 0.1) is 0 Å². The van der Waals surface area contributed by atoms with Gasteiger partial charge in [-0.3, -0.25) is 4.90 Å². The first-order valence-electron chi connectivity index (χ1n) is 9.15. The number of ether oxygens (including phenoxy) is 1. The molecule has 0 aromatic carbocycles. The molecule has 1 unspecified atom stereocenters. The Morgan fingerprint density at radius 3 is 2.71 bits per heavy atom. The largest absolute Gasteiger partial charge is 0.380 e. The molecule has 4 nitrogen and oxygen atoms in total. The molecule has 2 fully saturated rings. The predicted molar refractivity (Wildman–Crippen MR) is 88.9 cm³/mol. The van der Waals surface area contributed by atoms with Crippen molar-refractivity contribution in [3.05, 3.63) is 0 Å². The Labute approximate surface area is 131 Å². The van der Waals surface area contributed by atoms with Crippen molar-refractivity contribution in [1.82, 2.24) is 15.1 Å². The quantitative estimate of drug-likeness (QED) is 0.624. The first-order valence-corrected chi connectivity index (χ1v) is 9.15. The zero-order chi connectivity index (χ0) is 14.8. The molecule has 2 rings (SSSR count). The van der Waals surface area contributed by atoms with Crippen LogP contribution in [0.2, 0.25) is 0 Å². The van der Waals surface area contributed by atoms with Crippen molar-refractivity contribution in [2.24, 2.45) is 0 Å². The van der Waals surface area contributed by atoms with Crippen molar-refractivity contribution in [3.8, 4) is 0 Å². The van der Waals surface area contributed by atoms with Gasteiger partial charge in [-0.25, -0.2) is 0 Å². The lowest BCUT2D eigenvalue weighted by Gasteiger charge is -2.32. The van der Waals surface area contributed by atoms with Crippen molar-refractivity contribution in [3.63, 3.8) is 0 Å². The maximum Gasteiger partial charge on any atom is 0.0590 e. The number of nitrogens with one attached hydrogen (secondary N) is 1. The van der Waals surface area contributed by atoms with Crippen molar-refractivity contribution in [1.29, 1.82) is 0 Å². The first kappa shape index (κ1) is 17.2. The fourth-order valence-electron chi connectivity index (χ4n) is 3.45. The molecule has 0 amide bonds. The molecule has 124 valence electrons. The third kappa shape index (κ3) is 6.64. The van der Waals surface area contributed by atoms with Gasteiger partial charge in [0.25, 0.3) is 0 Å². The summed E-state index contributed by atoms with van der Waals surface area (Å²) in [6.07, 6.45) is 8.05. The van der Waals surface area contributed by atoms with Crippen LogP contribution in [0.5, 0.6) is 0 Å². The molecule has 0 spiro atoms. The van der Waals surface area contributed by atoms with Crippen LogP contribution in [0.1, 0.15) is 45.4 Å². The summed E-state index contributed by atoms with van der Waals surface area (Å²) in [5.74, 6) is 0. The van der Waals surface area contributed by atoms with Gasteiger partial charge in [-0.1, -0.05) is 19.8 Å². The fourth-order valence-corrected chi connectivity index (χ4v) is 3.45. The molecule has 0 aliphatic carbocycles. The Balaban J connectivity index is 1.45. The molecule has 0 aromatic rings. The summed E-state index contributed by atoms with van der Waals surface area (Å²) < 4.78 is 5.56. The van der Waals surface area contributed by atoms with Crippen LogP contribution in [0.4, 0.5) is 0 Å². The summed E-state index contributed by atoms with van der Waals surface area (Å²) in [4.78, 5) is 5.36. The number of nitrogens with zero attached hydrogens (tertiary/aromatic N) is 2. The second kappa shape index (κ2) is 10.5. The number of hydrogen-bond donors (Lipinski definition) is 1. The van der Waals surface area contributed by atoms with Gasteiger partial charge in [0.2, 0.25) is 0 Å². The Hall–Kier alpha value is -0.160. The smallest absolute Gasteiger partial charge is 0.0590 e. The van der Waals surface area contributed by atoms with E-state index in [0.717, 1.165) is 32.3 Å². The third-order valence-electron chi connectivity index (χ3n) is 4.82. The van der Waals surface area contributed by atoms with E-state index in [0.29, 0.717) is 0 Å². The van der Waals surface area contributed by atoms with Gasteiger partial charge in [0.05, 0.1) is 6.61 Å². The summed E-state index contributed by atoms with van der Waals surface area (Å²) in [6.45, 7) is 12.5. The average Bonchev–Trinajstić information content (AvgIpc) is 3.00. The maximum absolute atomic E-state index is 5.56. The zero-order valence-electron chi connectivity index (χ0n) is 14.0. The van der Waals surface area contributed by atoms with Gasteiger partial charge in [-0.05, 0) is 45.3 Å². The van der Waals surface area contributed by atoms with Gasteiger partial charge in [-0.2, -0.15) is 0 Å². The molecule has 2 saturated heterocycles. The molecular formula is C17H35N3O. The minimum absolute atomic E-state index is 0.836. The first-order chi connectivity index (χ1) is 10.4. The van der Waals surface area contributed by atoms with Crippen LogP contribution in [0.3, 0.4) is 0 Å². The number of unbranched alkanes of at least 4 members (excludes halogenated alkanes) is 1. The van der Waals surface area contributed by atoms with Gasteiger partial charge >= 0.3 is 0 Å². The molecule has 21 heavy (non-hydrogen) atoms. The van der Waals surface area contributed by atoms with Crippen LogP contribution in [-0.4, -0.2) is 74.9 Å². The summed E-state index contributed by atoms with van der Waals surface area (Å²) in [5, 5.41) is 3.50. The van der Waals surface area contributed by atoms with Gasteiger partial charge in [0.15, 0.2) is 0 Å². The standard InChI is InChI=1S/C17H35N3O/c1-2-3-14-21-15-9-18-8-13-19-12-7-17(16-19)20-10-5-4-6-11-20/h17-18H,2-16H2,1H3. The SMILES string of the molecule is CCCCOCCNCCN1CCC(N2CCCCC2)C1. The molecule has 2 aliphatic heterocycles. The Morgan fingerprint density at radius 2 is 1.90 bits per heavy atom. The van der Waals surface area contributed by atoms with Crippen molar-refractivity contribution in [2.75, 3.05) is 59.0 Å². The maximum atomic E-state index is 5.56. The minimum atomic E-state index is 0.836. The van der Waals surface area contributed by atoms with Crippen molar-refractivity contribution >= 4 is 0 Å². The van der Waals surface area contributed by atoms with E-state index >= 15 is 0 Å². The summed E-state index contributed by atoms with van der Waals surface area (Å²) in [7, 11) is 0. The van der Waals surface area contributed by atoms with Crippen molar-refractivity contribution < 1.29 is 4.74 Å². The van der Waals surface area contributed by atoms with Gasteiger partial charge in [0, 0.05) is 38.8 Å². The number of piperidine rings is 1. The highest BCUT2D eigenvalue weighted by molar-refractivity contribution is 4.84. The molecule has 4 heteroatoms. The fraction of sp³-hybridized carbons (Fsp3) is 1.00. The van der Waals surface area contributed by atoms with Crippen LogP contribution >= 0.6 is 0 Å². The molecule has 1 atom stereocenters. The van der Waals surface area contributed by atoms with Gasteiger partial charge in [-0.15, -0.1) is 0 Å². The van der Waals surface area contributed by atoms with E-state index in [2.05, 4.69) is 22.0 Å². The molecular weight excluding hydrogens is 262 g/mol. The number of hydrogen-bond acceptors (Lipinski definition) is 4. The van der Waals surface area contributed by atoms with E-state index in [1.807, 2.05) is 0 Å². The highest BCUT2D eigenvalue weighted by Crippen LogP contribution is 2.19. The summed E-state index contributed by atoms with van der Waals surface area (Å²) >= 11 is 0. The molecule has 0 aromatic heterocycles. The Kier molecular flexibility index (Phi) is 8.64. The summed E-state index contributed by atoms with van der Waals surface area (Å²) in [5.41, 5.74) is 0. The average molecular weight is 297 g/mol. The second-order valence-corrected chi connectivity index (χ2v) is 6.56. The normalized spacial score (nSPS) is 24.7. The van der Waals surface area contributed by atoms with Crippen LogP contribution < -0.4 is 5.32 Å². The van der Waals surface area contributed by atoms with E-state index in [1.54, 1.807) is 0 Å². The second-order valence-electron chi connectivity index (χ2n) is 6.56. The Bertz CT molecular complexity index is 256. The van der Waals surface area contributed by atoms with Crippen LogP contribution in [0.15, 0.2) is 0 Å². The molecule has 1 N–H and O–H groups in total. The lowest BCUT2D eigenvalue weighted by molar-refractivity contribution is 0.132. The van der Waals surface area contributed by atoms with Gasteiger partial charge < -0.3 is 15.0 Å². The highest BCUT2D eigenvalue weighted by Gasteiger charge is 2.27. The highest BCUT2D eigenvalue weighted by atomic mass is 16.5. The molecule has 0 saturated carbocycles. The monoisotopic (exact) mass is 297 g/mol. The lowest BCUT2D eigenvalue weighted by Crippen LogP contribution is -2.41.